The fraction of sp³-hybridized carbons (Fsp3) is 0.938. The molecule has 2 saturated heterocycles. The number of rotatable bonds is 3. The van der Waals surface area contributed by atoms with Crippen molar-refractivity contribution < 1.29 is 4.79 Å². The second-order valence-corrected chi connectivity index (χ2v) is 7.84. The number of carbonyl (C=O) groups excluding carboxylic acids is 1. The molecular formula is C16H30N2O. The maximum atomic E-state index is 12.4. The molecule has 3 atom stereocenters. The molecule has 2 rings (SSSR count). The first-order valence-corrected chi connectivity index (χ1v) is 7.87. The van der Waals surface area contributed by atoms with Crippen LogP contribution in [-0.2, 0) is 4.79 Å². The molecule has 2 bridgehead atoms. The van der Waals surface area contributed by atoms with Gasteiger partial charge in [-0.2, -0.15) is 0 Å². The lowest BCUT2D eigenvalue weighted by atomic mass is 9.84. The minimum Gasteiger partial charge on any atom is -0.341 e. The Hall–Kier alpha value is -0.570. The van der Waals surface area contributed by atoms with Crippen LogP contribution >= 0.6 is 0 Å². The summed E-state index contributed by atoms with van der Waals surface area (Å²) in [4.78, 5) is 14.5. The van der Waals surface area contributed by atoms with Crippen LogP contribution in [0.3, 0.4) is 0 Å². The second-order valence-electron chi connectivity index (χ2n) is 7.84. The van der Waals surface area contributed by atoms with Crippen molar-refractivity contribution in [2.45, 2.75) is 71.9 Å². The lowest BCUT2D eigenvalue weighted by molar-refractivity contribution is -0.132. The quantitative estimate of drug-likeness (QED) is 0.852. The fourth-order valence-electron chi connectivity index (χ4n) is 3.71. The third-order valence-electron chi connectivity index (χ3n) is 4.36. The molecule has 0 aromatic heterocycles. The van der Waals surface area contributed by atoms with Gasteiger partial charge in [0.15, 0.2) is 0 Å². The van der Waals surface area contributed by atoms with E-state index in [-0.39, 0.29) is 0 Å². The van der Waals surface area contributed by atoms with Crippen molar-refractivity contribution in [1.82, 2.24) is 10.2 Å². The molecule has 2 aliphatic heterocycles. The van der Waals surface area contributed by atoms with E-state index in [4.69, 9.17) is 0 Å². The first-order valence-electron chi connectivity index (χ1n) is 7.87. The van der Waals surface area contributed by atoms with E-state index in [1.165, 1.54) is 12.8 Å². The Morgan fingerprint density at radius 1 is 1.26 bits per heavy atom. The number of carbonyl (C=O) groups is 1. The van der Waals surface area contributed by atoms with Crippen molar-refractivity contribution in [3.63, 3.8) is 0 Å². The molecule has 0 spiro atoms. The summed E-state index contributed by atoms with van der Waals surface area (Å²) in [5, 5.41) is 3.64. The number of fused-ring (bicyclic) bond motifs is 2. The van der Waals surface area contributed by atoms with Crippen LogP contribution in [0.4, 0.5) is 0 Å². The van der Waals surface area contributed by atoms with Gasteiger partial charge < -0.3 is 10.2 Å². The second kappa shape index (κ2) is 5.82. The number of likely N-dealkylation sites (tertiary alicyclic amines) is 1. The smallest absolute Gasteiger partial charge is 0.222 e. The van der Waals surface area contributed by atoms with E-state index >= 15 is 0 Å². The van der Waals surface area contributed by atoms with Crippen LogP contribution in [-0.4, -0.2) is 36.0 Å². The van der Waals surface area contributed by atoms with E-state index in [0.29, 0.717) is 35.7 Å². The van der Waals surface area contributed by atoms with E-state index in [1.54, 1.807) is 0 Å². The highest BCUT2D eigenvalue weighted by atomic mass is 16.2. The summed E-state index contributed by atoms with van der Waals surface area (Å²) >= 11 is 0. The van der Waals surface area contributed by atoms with Gasteiger partial charge >= 0.3 is 0 Å². The highest BCUT2D eigenvalue weighted by Gasteiger charge is 2.31. The van der Waals surface area contributed by atoms with Gasteiger partial charge in [0.1, 0.15) is 0 Å². The van der Waals surface area contributed by atoms with E-state index in [2.05, 4.69) is 37.9 Å². The van der Waals surface area contributed by atoms with Crippen LogP contribution in [0.1, 0.15) is 59.8 Å². The molecule has 0 aliphatic carbocycles. The van der Waals surface area contributed by atoms with Crippen molar-refractivity contribution >= 4 is 5.91 Å². The molecule has 3 unspecified atom stereocenters. The molecule has 2 aliphatic rings. The minimum atomic E-state index is 0.319. The van der Waals surface area contributed by atoms with Crippen molar-refractivity contribution in [3.05, 3.63) is 0 Å². The lowest BCUT2D eigenvalue weighted by Crippen LogP contribution is -2.39. The van der Waals surface area contributed by atoms with Crippen LogP contribution in [0, 0.1) is 11.3 Å². The van der Waals surface area contributed by atoms with Crippen molar-refractivity contribution in [2.75, 3.05) is 13.1 Å². The van der Waals surface area contributed by atoms with Gasteiger partial charge in [-0.05, 0) is 37.0 Å². The summed E-state index contributed by atoms with van der Waals surface area (Å²) in [6, 6.07) is 1.21. The molecule has 0 aromatic rings. The molecule has 110 valence electrons. The monoisotopic (exact) mass is 266 g/mol. The summed E-state index contributed by atoms with van der Waals surface area (Å²) in [7, 11) is 0. The number of hydrogen-bond acceptors (Lipinski definition) is 2. The molecule has 0 radical (unpaired) electrons. The van der Waals surface area contributed by atoms with E-state index in [0.717, 1.165) is 25.9 Å². The largest absolute Gasteiger partial charge is 0.341 e. The van der Waals surface area contributed by atoms with Crippen molar-refractivity contribution in [2.24, 2.45) is 11.3 Å². The van der Waals surface area contributed by atoms with Gasteiger partial charge in [0.25, 0.3) is 0 Å². The van der Waals surface area contributed by atoms with Crippen LogP contribution in [0.15, 0.2) is 0 Å². The predicted octanol–water partition coefficient (Wildman–Crippen LogP) is 2.80. The molecule has 1 amide bonds. The Balaban J connectivity index is 1.82. The molecule has 2 heterocycles. The number of amides is 1. The predicted molar refractivity (Wildman–Crippen MR) is 79.0 cm³/mol. The van der Waals surface area contributed by atoms with Gasteiger partial charge in [0.05, 0.1) is 0 Å². The average Bonchev–Trinajstić information content (AvgIpc) is 2.54. The van der Waals surface area contributed by atoms with Crippen molar-refractivity contribution in [1.29, 1.82) is 0 Å². The minimum absolute atomic E-state index is 0.319. The van der Waals surface area contributed by atoms with Gasteiger partial charge in [-0.3, -0.25) is 4.79 Å². The average molecular weight is 266 g/mol. The fourth-order valence-corrected chi connectivity index (χ4v) is 3.71. The standard InChI is InChI=1S/C16H30N2O/c1-12(10-16(2,3)4)9-15(19)18-8-7-13-5-6-14(11-18)17-13/h12-14,17H,5-11H2,1-4H3. The summed E-state index contributed by atoms with van der Waals surface area (Å²) in [5.74, 6) is 0.854. The Bertz CT molecular complexity index is 321. The normalized spacial score (nSPS) is 29.2. The zero-order valence-corrected chi connectivity index (χ0v) is 13.0. The van der Waals surface area contributed by atoms with Crippen LogP contribution in [0.25, 0.3) is 0 Å². The third-order valence-corrected chi connectivity index (χ3v) is 4.36. The first kappa shape index (κ1) is 14.8. The van der Waals surface area contributed by atoms with Gasteiger partial charge in [-0.25, -0.2) is 0 Å². The molecule has 0 aromatic carbocycles. The topological polar surface area (TPSA) is 32.3 Å². The Morgan fingerprint density at radius 2 is 1.95 bits per heavy atom. The Labute approximate surface area is 118 Å². The summed E-state index contributed by atoms with van der Waals surface area (Å²) in [5.41, 5.74) is 0.319. The molecular weight excluding hydrogens is 236 g/mol. The Morgan fingerprint density at radius 3 is 2.63 bits per heavy atom. The zero-order valence-electron chi connectivity index (χ0n) is 13.0. The van der Waals surface area contributed by atoms with Gasteiger partial charge in [0.2, 0.25) is 5.91 Å². The maximum absolute atomic E-state index is 12.4. The van der Waals surface area contributed by atoms with Crippen LogP contribution < -0.4 is 5.32 Å². The van der Waals surface area contributed by atoms with Crippen LogP contribution in [0.2, 0.25) is 0 Å². The summed E-state index contributed by atoms with van der Waals surface area (Å²) < 4.78 is 0. The SMILES string of the molecule is CC(CC(=O)N1CCC2CCC(C1)N2)CC(C)(C)C. The molecule has 3 nitrogen and oxygen atoms in total. The van der Waals surface area contributed by atoms with Gasteiger partial charge in [-0.1, -0.05) is 27.7 Å². The van der Waals surface area contributed by atoms with E-state index in [1.807, 2.05) is 0 Å². The molecule has 2 fully saturated rings. The molecule has 1 N–H and O–H groups in total. The first-order chi connectivity index (χ1) is 8.83. The van der Waals surface area contributed by atoms with E-state index in [9.17, 15) is 4.79 Å². The van der Waals surface area contributed by atoms with Crippen molar-refractivity contribution in [3.8, 4) is 0 Å². The molecule has 0 saturated carbocycles. The van der Waals surface area contributed by atoms with Crippen LogP contribution in [0.5, 0.6) is 0 Å². The highest BCUT2D eigenvalue weighted by molar-refractivity contribution is 5.76. The number of nitrogens with zero attached hydrogens (tertiary/aromatic N) is 1. The number of nitrogens with one attached hydrogen (secondary N) is 1. The number of hydrogen-bond donors (Lipinski definition) is 1. The highest BCUT2D eigenvalue weighted by Crippen LogP contribution is 2.27. The summed E-state index contributed by atoms with van der Waals surface area (Å²) in [6.07, 6.45) is 5.51. The van der Waals surface area contributed by atoms with E-state index < -0.39 is 0 Å². The maximum Gasteiger partial charge on any atom is 0.222 e. The molecule has 19 heavy (non-hydrogen) atoms. The zero-order chi connectivity index (χ0) is 14.0. The molecule has 3 heteroatoms. The van der Waals surface area contributed by atoms with Gasteiger partial charge in [-0.15, -0.1) is 0 Å². The van der Waals surface area contributed by atoms with Gasteiger partial charge in [0, 0.05) is 31.6 Å². The Kier molecular flexibility index (Phi) is 4.54. The lowest BCUT2D eigenvalue weighted by Gasteiger charge is -2.28. The third kappa shape index (κ3) is 4.48. The summed E-state index contributed by atoms with van der Waals surface area (Å²) in [6.45, 7) is 10.9.